The van der Waals surface area contributed by atoms with Crippen LogP contribution in [0.5, 0.6) is 0 Å². The second-order valence-electron chi connectivity index (χ2n) is 7.68. The van der Waals surface area contributed by atoms with Crippen LogP contribution in [-0.4, -0.2) is 61.4 Å². The summed E-state index contributed by atoms with van der Waals surface area (Å²) in [6.07, 6.45) is 9.03. The normalized spacial score (nSPS) is 26.1. The molecule has 2 fully saturated rings. The molecule has 0 spiro atoms. The molecule has 0 aromatic carbocycles. The molecule has 2 aliphatic carbocycles. The van der Waals surface area contributed by atoms with Gasteiger partial charge in [-0.2, -0.15) is 0 Å². The second kappa shape index (κ2) is 6.05. The molecular weight excluding hydrogens is 354 g/mol. The molecule has 7 nitrogen and oxygen atoms in total. The van der Waals surface area contributed by atoms with Gasteiger partial charge >= 0.3 is 0 Å². The number of halogens is 2. The van der Waals surface area contributed by atoms with Gasteiger partial charge in [0.1, 0.15) is 12.0 Å². The van der Waals surface area contributed by atoms with Crippen molar-refractivity contribution in [1.82, 2.24) is 29.7 Å². The fourth-order valence-electron chi connectivity index (χ4n) is 4.16. The Labute approximate surface area is 154 Å². The summed E-state index contributed by atoms with van der Waals surface area (Å²) in [7, 11) is 0. The van der Waals surface area contributed by atoms with E-state index < -0.39 is 5.92 Å². The van der Waals surface area contributed by atoms with Crippen molar-refractivity contribution in [2.24, 2.45) is 0 Å². The summed E-state index contributed by atoms with van der Waals surface area (Å²) in [4.78, 5) is 27.7. The number of imidazole rings is 1. The Bertz CT molecular complexity index is 870. The van der Waals surface area contributed by atoms with Gasteiger partial charge in [0.05, 0.1) is 13.1 Å². The van der Waals surface area contributed by atoms with Crippen LogP contribution in [0.25, 0.3) is 5.95 Å². The van der Waals surface area contributed by atoms with Crippen molar-refractivity contribution in [3.8, 4) is 5.95 Å². The molecule has 142 valence electrons. The van der Waals surface area contributed by atoms with Crippen LogP contribution < -0.4 is 5.32 Å². The second-order valence-corrected chi connectivity index (χ2v) is 7.68. The number of carbonyl (C=O) groups is 1. The Hall–Kier alpha value is -2.42. The van der Waals surface area contributed by atoms with Crippen molar-refractivity contribution >= 4 is 5.91 Å². The molecule has 0 bridgehead atoms. The van der Waals surface area contributed by atoms with Crippen molar-refractivity contribution in [2.45, 2.75) is 50.1 Å². The molecule has 0 radical (unpaired) electrons. The average molecular weight is 374 g/mol. The van der Waals surface area contributed by atoms with Gasteiger partial charge in [-0.25, -0.2) is 23.7 Å². The molecule has 1 N–H and O–H groups in total. The van der Waals surface area contributed by atoms with Crippen LogP contribution in [0.4, 0.5) is 8.78 Å². The monoisotopic (exact) mass is 374 g/mol. The SMILES string of the molecule is O=C(NC1CC(N2CC(F)(F)C2)C1)c1nc(-n2ccnc2)nc2c1CCC2. The first kappa shape index (κ1) is 16.7. The van der Waals surface area contributed by atoms with Crippen LogP contribution >= 0.6 is 0 Å². The summed E-state index contributed by atoms with van der Waals surface area (Å²) in [5.41, 5.74) is 2.28. The first-order valence-electron chi connectivity index (χ1n) is 9.29. The average Bonchev–Trinajstić information content (AvgIpc) is 3.25. The van der Waals surface area contributed by atoms with Crippen molar-refractivity contribution in [2.75, 3.05) is 13.1 Å². The van der Waals surface area contributed by atoms with E-state index in [-0.39, 0.29) is 31.1 Å². The van der Waals surface area contributed by atoms with Gasteiger partial charge in [-0.3, -0.25) is 14.3 Å². The first-order valence-corrected chi connectivity index (χ1v) is 9.29. The Kier molecular flexibility index (Phi) is 3.75. The van der Waals surface area contributed by atoms with Gasteiger partial charge in [0.2, 0.25) is 5.95 Å². The molecule has 2 aromatic heterocycles. The molecule has 2 aromatic rings. The fraction of sp³-hybridized carbons (Fsp3) is 0.556. The Morgan fingerprint density at radius 3 is 2.74 bits per heavy atom. The van der Waals surface area contributed by atoms with Crippen LogP contribution in [0, 0.1) is 0 Å². The molecule has 9 heteroatoms. The Morgan fingerprint density at radius 1 is 1.22 bits per heavy atom. The van der Waals surface area contributed by atoms with Crippen molar-refractivity contribution in [3.05, 3.63) is 35.7 Å². The van der Waals surface area contributed by atoms with Gasteiger partial charge in [-0.1, -0.05) is 0 Å². The van der Waals surface area contributed by atoms with Crippen LogP contribution in [0.15, 0.2) is 18.7 Å². The minimum absolute atomic E-state index is 0.0143. The predicted octanol–water partition coefficient (Wildman–Crippen LogP) is 1.36. The molecule has 5 rings (SSSR count). The van der Waals surface area contributed by atoms with Gasteiger partial charge in [0, 0.05) is 35.7 Å². The summed E-state index contributed by atoms with van der Waals surface area (Å²) in [6, 6.07) is 0.160. The molecule has 0 atom stereocenters. The topological polar surface area (TPSA) is 75.9 Å². The van der Waals surface area contributed by atoms with E-state index >= 15 is 0 Å². The van der Waals surface area contributed by atoms with E-state index in [1.165, 1.54) is 0 Å². The molecule has 1 amide bonds. The van der Waals surface area contributed by atoms with Crippen LogP contribution in [0.2, 0.25) is 0 Å². The van der Waals surface area contributed by atoms with Gasteiger partial charge in [0.25, 0.3) is 11.8 Å². The number of likely N-dealkylation sites (tertiary alicyclic amines) is 1. The maximum absolute atomic E-state index is 13.0. The van der Waals surface area contributed by atoms with E-state index in [4.69, 9.17) is 0 Å². The molecule has 3 aliphatic rings. The lowest BCUT2D eigenvalue weighted by molar-refractivity contribution is -0.158. The summed E-state index contributed by atoms with van der Waals surface area (Å²) in [5, 5.41) is 3.02. The number of alkyl halides is 2. The third-order valence-corrected chi connectivity index (χ3v) is 5.71. The molecule has 0 unspecified atom stereocenters. The summed E-state index contributed by atoms with van der Waals surface area (Å²) in [6.45, 7) is -0.321. The largest absolute Gasteiger partial charge is 0.348 e. The first-order chi connectivity index (χ1) is 13.0. The zero-order valence-electron chi connectivity index (χ0n) is 14.7. The number of hydrogen-bond donors (Lipinski definition) is 1. The van der Waals surface area contributed by atoms with Crippen molar-refractivity contribution < 1.29 is 13.6 Å². The number of fused-ring (bicyclic) bond motifs is 1. The summed E-state index contributed by atoms with van der Waals surface area (Å²) < 4.78 is 27.7. The number of rotatable bonds is 4. The van der Waals surface area contributed by atoms with Crippen molar-refractivity contribution in [3.63, 3.8) is 0 Å². The highest BCUT2D eigenvalue weighted by molar-refractivity contribution is 5.94. The minimum Gasteiger partial charge on any atom is -0.348 e. The highest BCUT2D eigenvalue weighted by Gasteiger charge is 2.49. The molecular formula is C18H20F2N6O. The van der Waals surface area contributed by atoms with E-state index in [1.807, 2.05) is 0 Å². The third kappa shape index (κ3) is 2.99. The standard InChI is InChI=1S/C18H20F2N6O/c19-18(20)8-26(9-18)12-6-11(7-12)22-16(27)15-13-2-1-3-14(13)23-17(24-15)25-5-4-21-10-25/h4-5,10-12H,1-3,6-9H2,(H,22,27). The van der Waals surface area contributed by atoms with E-state index in [2.05, 4.69) is 20.3 Å². The molecule has 1 saturated carbocycles. The lowest BCUT2D eigenvalue weighted by Gasteiger charge is -2.50. The quantitative estimate of drug-likeness (QED) is 0.875. The van der Waals surface area contributed by atoms with Crippen LogP contribution in [-0.2, 0) is 12.8 Å². The number of hydrogen-bond acceptors (Lipinski definition) is 5. The number of nitrogens with one attached hydrogen (secondary N) is 1. The van der Waals surface area contributed by atoms with Gasteiger partial charge < -0.3 is 5.32 Å². The van der Waals surface area contributed by atoms with E-state index in [1.54, 1.807) is 28.2 Å². The fourth-order valence-corrected chi connectivity index (χ4v) is 4.16. The van der Waals surface area contributed by atoms with Crippen LogP contribution in [0.3, 0.4) is 0 Å². The zero-order valence-corrected chi connectivity index (χ0v) is 14.7. The lowest BCUT2D eigenvalue weighted by atomic mass is 9.83. The van der Waals surface area contributed by atoms with Gasteiger partial charge in [-0.15, -0.1) is 0 Å². The van der Waals surface area contributed by atoms with Gasteiger partial charge in [-0.05, 0) is 32.1 Å². The maximum atomic E-state index is 13.0. The Morgan fingerprint density at radius 2 is 2.04 bits per heavy atom. The number of aryl methyl sites for hydroxylation is 1. The van der Waals surface area contributed by atoms with Crippen molar-refractivity contribution in [1.29, 1.82) is 0 Å². The Balaban J connectivity index is 1.28. The molecule has 3 heterocycles. The summed E-state index contributed by atoms with van der Waals surface area (Å²) in [5.74, 6) is -2.29. The smallest absolute Gasteiger partial charge is 0.272 e. The molecule has 1 aliphatic heterocycles. The number of amides is 1. The lowest BCUT2D eigenvalue weighted by Crippen LogP contribution is -2.65. The summed E-state index contributed by atoms with van der Waals surface area (Å²) >= 11 is 0. The maximum Gasteiger partial charge on any atom is 0.272 e. The van der Waals surface area contributed by atoms with Crippen LogP contribution in [0.1, 0.15) is 41.0 Å². The minimum atomic E-state index is -2.54. The predicted molar refractivity (Wildman–Crippen MR) is 92.0 cm³/mol. The number of aromatic nitrogens is 4. The van der Waals surface area contributed by atoms with E-state index in [0.29, 0.717) is 24.5 Å². The highest BCUT2D eigenvalue weighted by atomic mass is 19.3. The van der Waals surface area contributed by atoms with E-state index in [0.717, 1.165) is 30.5 Å². The van der Waals surface area contributed by atoms with E-state index in [9.17, 15) is 13.6 Å². The molecule has 1 saturated heterocycles. The number of nitrogens with zero attached hydrogens (tertiary/aromatic N) is 5. The highest BCUT2D eigenvalue weighted by Crippen LogP contribution is 2.36. The molecule has 27 heavy (non-hydrogen) atoms. The third-order valence-electron chi connectivity index (χ3n) is 5.71. The van der Waals surface area contributed by atoms with Gasteiger partial charge in [0.15, 0.2) is 0 Å². The zero-order chi connectivity index (χ0) is 18.6. The number of carbonyl (C=O) groups excluding carboxylic acids is 1.